The van der Waals surface area contributed by atoms with Crippen molar-refractivity contribution in [2.45, 2.75) is 38.6 Å². The van der Waals surface area contributed by atoms with Crippen LogP contribution in [0.3, 0.4) is 0 Å². The van der Waals surface area contributed by atoms with Gasteiger partial charge in [0.25, 0.3) is 11.8 Å². The lowest BCUT2D eigenvalue weighted by Gasteiger charge is -2.26. The predicted molar refractivity (Wildman–Crippen MR) is 150 cm³/mol. The summed E-state index contributed by atoms with van der Waals surface area (Å²) in [5.74, 6) is 1.18. The number of anilines is 1. The number of fused-ring (bicyclic) bond motifs is 1. The third-order valence-corrected chi connectivity index (χ3v) is 6.49. The van der Waals surface area contributed by atoms with Gasteiger partial charge in [0.1, 0.15) is 18.1 Å². The van der Waals surface area contributed by atoms with Gasteiger partial charge in [-0.1, -0.05) is 55.7 Å². The van der Waals surface area contributed by atoms with Gasteiger partial charge in [0.15, 0.2) is 6.61 Å². The average Bonchev–Trinajstić information content (AvgIpc) is 2.95. The van der Waals surface area contributed by atoms with Crippen molar-refractivity contribution in [3.8, 4) is 11.5 Å². The van der Waals surface area contributed by atoms with Gasteiger partial charge in [-0.15, -0.1) is 0 Å². The maximum Gasteiger partial charge on any atom is 0.264 e. The number of benzene rings is 3. The average molecular weight is 516 g/mol. The molecule has 0 spiro atoms. The van der Waals surface area contributed by atoms with E-state index >= 15 is 0 Å². The number of hydrogen-bond acceptors (Lipinski definition) is 5. The van der Waals surface area contributed by atoms with E-state index in [2.05, 4.69) is 10.6 Å². The molecule has 0 radical (unpaired) electrons. The minimum atomic E-state index is -0.166. The molecular formula is C31H37N3O4. The highest BCUT2D eigenvalue weighted by atomic mass is 16.5. The molecule has 2 amide bonds. The molecule has 2 N–H and O–H groups in total. The highest BCUT2D eigenvalue weighted by Crippen LogP contribution is 2.25. The Kier molecular flexibility index (Phi) is 10.6. The third-order valence-electron chi connectivity index (χ3n) is 6.49. The fourth-order valence-electron chi connectivity index (χ4n) is 4.48. The summed E-state index contributed by atoms with van der Waals surface area (Å²) in [5.41, 5.74) is 2.31. The van der Waals surface area contributed by atoms with Gasteiger partial charge in [-0.2, -0.15) is 0 Å². The smallest absolute Gasteiger partial charge is 0.264 e. The molecule has 7 nitrogen and oxygen atoms in total. The second-order valence-corrected chi connectivity index (χ2v) is 9.35. The molecule has 200 valence electrons. The summed E-state index contributed by atoms with van der Waals surface area (Å²) < 4.78 is 11.5. The van der Waals surface area contributed by atoms with E-state index in [4.69, 9.17) is 9.47 Å². The number of rotatable bonds is 8. The van der Waals surface area contributed by atoms with Gasteiger partial charge < -0.3 is 25.0 Å². The monoisotopic (exact) mass is 515 g/mol. The molecule has 0 unspecified atom stereocenters. The zero-order chi connectivity index (χ0) is 26.4. The van der Waals surface area contributed by atoms with E-state index in [9.17, 15) is 9.59 Å². The molecule has 0 saturated carbocycles. The van der Waals surface area contributed by atoms with Crippen molar-refractivity contribution >= 4 is 17.5 Å². The van der Waals surface area contributed by atoms with Gasteiger partial charge in [0, 0.05) is 24.3 Å². The van der Waals surface area contributed by atoms with Crippen LogP contribution in [0, 0.1) is 0 Å². The van der Waals surface area contributed by atoms with Crippen LogP contribution < -0.4 is 25.0 Å². The van der Waals surface area contributed by atoms with Gasteiger partial charge in [-0.3, -0.25) is 9.59 Å². The van der Waals surface area contributed by atoms with Crippen LogP contribution in [-0.2, 0) is 11.3 Å². The molecular weight excluding hydrogens is 478 g/mol. The van der Waals surface area contributed by atoms with Crippen molar-refractivity contribution in [3.05, 3.63) is 90.0 Å². The summed E-state index contributed by atoms with van der Waals surface area (Å²) >= 11 is 0. The molecule has 0 bridgehead atoms. The molecule has 3 aromatic carbocycles. The van der Waals surface area contributed by atoms with Crippen molar-refractivity contribution in [2.24, 2.45) is 0 Å². The van der Waals surface area contributed by atoms with Crippen LogP contribution in [0.1, 0.15) is 48.0 Å². The molecule has 1 aliphatic heterocycles. The maximum absolute atomic E-state index is 13.3. The molecule has 3 aromatic rings. The fraction of sp³-hybridized carbons (Fsp3) is 0.355. The summed E-state index contributed by atoms with van der Waals surface area (Å²) in [6.45, 7) is 2.83. The number of carbonyl (C=O) groups excluding carboxylic acids is 2. The normalized spacial score (nSPS) is 14.4. The van der Waals surface area contributed by atoms with Crippen molar-refractivity contribution in [1.29, 1.82) is 0 Å². The van der Waals surface area contributed by atoms with Crippen LogP contribution in [0.25, 0.3) is 0 Å². The quantitative estimate of drug-likeness (QED) is 0.415. The number of nitrogens with one attached hydrogen (secondary N) is 2. The van der Waals surface area contributed by atoms with E-state index in [1.165, 1.54) is 6.42 Å². The molecule has 0 aromatic heterocycles. The Morgan fingerprint density at radius 3 is 2.26 bits per heavy atom. The zero-order valence-corrected chi connectivity index (χ0v) is 21.9. The first-order chi connectivity index (χ1) is 18.7. The number of carbonyl (C=O) groups is 2. The van der Waals surface area contributed by atoms with Crippen molar-refractivity contribution in [3.63, 3.8) is 0 Å². The van der Waals surface area contributed by atoms with Gasteiger partial charge in [-0.05, 0) is 67.4 Å². The predicted octanol–water partition coefficient (Wildman–Crippen LogP) is 4.96. The Morgan fingerprint density at radius 2 is 1.50 bits per heavy atom. The van der Waals surface area contributed by atoms with Crippen LogP contribution >= 0.6 is 0 Å². The molecule has 1 aliphatic rings. The first-order valence-electron chi connectivity index (χ1n) is 13.5. The summed E-state index contributed by atoms with van der Waals surface area (Å²) in [6.07, 6.45) is 5.44. The summed E-state index contributed by atoms with van der Waals surface area (Å²) in [6, 6.07) is 24.5. The molecule has 1 heterocycles. The largest absolute Gasteiger partial charge is 0.492 e. The molecule has 0 fully saturated rings. The summed E-state index contributed by atoms with van der Waals surface area (Å²) in [5, 5.41) is 6.42. The van der Waals surface area contributed by atoms with Crippen LogP contribution in [0.4, 0.5) is 5.69 Å². The number of nitrogens with zero attached hydrogens (tertiary/aromatic N) is 1. The van der Waals surface area contributed by atoms with Crippen LogP contribution in [-0.4, -0.2) is 44.7 Å². The topological polar surface area (TPSA) is 79.9 Å². The molecule has 7 heteroatoms. The first kappa shape index (κ1) is 27.2. The lowest BCUT2D eigenvalue weighted by atomic mass is 10.0. The van der Waals surface area contributed by atoms with Crippen LogP contribution in [0.5, 0.6) is 11.5 Å². The van der Waals surface area contributed by atoms with E-state index in [0.29, 0.717) is 37.6 Å². The van der Waals surface area contributed by atoms with E-state index in [0.717, 1.165) is 49.2 Å². The van der Waals surface area contributed by atoms with Crippen molar-refractivity contribution < 1.29 is 19.1 Å². The number of amides is 2. The fourth-order valence-corrected chi connectivity index (χ4v) is 4.48. The van der Waals surface area contributed by atoms with E-state index < -0.39 is 0 Å². The molecule has 38 heavy (non-hydrogen) atoms. The third kappa shape index (κ3) is 8.35. The van der Waals surface area contributed by atoms with Gasteiger partial charge in [0.2, 0.25) is 0 Å². The van der Waals surface area contributed by atoms with Crippen molar-refractivity contribution in [1.82, 2.24) is 10.6 Å². The molecule has 0 saturated heterocycles. The Hall–Kier alpha value is -3.84. The second-order valence-electron chi connectivity index (χ2n) is 9.35. The SMILES string of the molecule is O=C(NCCOc1ccccc1)c1ccc2c(c1)CNCCCCCCCN2C(=O)COc1ccccc1. The van der Waals surface area contributed by atoms with E-state index in [1.807, 2.05) is 77.7 Å². The van der Waals surface area contributed by atoms with Crippen molar-refractivity contribution in [2.75, 3.05) is 37.7 Å². The van der Waals surface area contributed by atoms with Crippen LogP contribution in [0.2, 0.25) is 0 Å². The molecule has 0 aliphatic carbocycles. The molecule has 0 atom stereocenters. The highest BCUT2D eigenvalue weighted by molar-refractivity contribution is 5.98. The van der Waals surface area contributed by atoms with Gasteiger partial charge in [0.05, 0.1) is 6.54 Å². The summed E-state index contributed by atoms with van der Waals surface area (Å²) in [4.78, 5) is 28.1. The standard InChI is InChI=1S/C31H37N3O4/c35-30(24-38-28-14-8-5-9-15-28)34-20-11-3-1-2-10-18-32-23-26-22-25(16-17-29(26)34)31(36)33-19-21-37-27-12-6-4-7-13-27/h4-9,12-17,22,32H,1-3,10-11,18-21,23-24H2,(H,33,36). The van der Waals surface area contributed by atoms with E-state index in [1.54, 1.807) is 6.07 Å². The lowest BCUT2D eigenvalue weighted by molar-refractivity contribution is -0.120. The highest BCUT2D eigenvalue weighted by Gasteiger charge is 2.21. The maximum atomic E-state index is 13.3. The number of hydrogen-bond donors (Lipinski definition) is 2. The zero-order valence-electron chi connectivity index (χ0n) is 21.9. The summed E-state index contributed by atoms with van der Waals surface area (Å²) in [7, 11) is 0. The number of para-hydroxylation sites is 2. The minimum absolute atomic E-state index is 0.0411. The van der Waals surface area contributed by atoms with Gasteiger partial charge in [-0.25, -0.2) is 0 Å². The first-order valence-corrected chi connectivity index (χ1v) is 13.5. The van der Waals surface area contributed by atoms with Crippen LogP contribution in [0.15, 0.2) is 78.9 Å². The Balaban J connectivity index is 1.45. The Bertz CT molecular complexity index is 1150. The second kappa shape index (κ2) is 14.8. The van der Waals surface area contributed by atoms with Gasteiger partial charge >= 0.3 is 0 Å². The Morgan fingerprint density at radius 1 is 0.816 bits per heavy atom. The minimum Gasteiger partial charge on any atom is -0.492 e. The lowest BCUT2D eigenvalue weighted by Crippen LogP contribution is -2.37. The van der Waals surface area contributed by atoms with E-state index in [-0.39, 0.29) is 18.4 Å². The Labute approximate surface area is 225 Å². The number of ether oxygens (including phenoxy) is 2. The molecule has 4 rings (SSSR count).